The highest BCUT2D eigenvalue weighted by molar-refractivity contribution is 7.92. The largest absolute Gasteiger partial charge is 0.490 e. The first-order valence-electron chi connectivity index (χ1n) is 16.2. The van der Waals surface area contributed by atoms with Crippen LogP contribution in [0.5, 0.6) is 5.75 Å². The summed E-state index contributed by atoms with van der Waals surface area (Å²) < 4.78 is 69.5. The number of benzene rings is 3. The number of aryl methyl sites for hydroxylation is 1. The van der Waals surface area contributed by atoms with Crippen LogP contribution in [-0.2, 0) is 24.8 Å². The van der Waals surface area contributed by atoms with Gasteiger partial charge in [-0.15, -0.1) is 0 Å². The Kier molecular flexibility index (Phi) is 12.7. The number of amides is 1. The second-order valence-corrected chi connectivity index (χ2v) is 16.3. The molecule has 3 aromatic rings. The number of hydrogen-bond donors (Lipinski definition) is 2. The number of sulfonamides is 2. The molecule has 262 valence electrons. The van der Waals surface area contributed by atoms with Gasteiger partial charge in [-0.1, -0.05) is 42.8 Å². The average Bonchev–Trinajstić information content (AvgIpc) is 3.06. The Hall–Kier alpha value is -3.49. The van der Waals surface area contributed by atoms with Crippen LogP contribution in [-0.4, -0.2) is 88.7 Å². The molecule has 0 bridgehead atoms. The molecular formula is C35H47N3O8S2. The second-order valence-electron chi connectivity index (χ2n) is 12.5. The van der Waals surface area contributed by atoms with Crippen LogP contribution in [0.15, 0.2) is 82.6 Å². The molecule has 0 saturated carbocycles. The number of carbonyl (C=O) groups excluding carboxylic acids is 1. The number of likely N-dealkylation sites (N-methyl/N-ethyl adjacent to an activating group) is 1. The number of hydrogen-bond acceptors (Lipinski definition) is 8. The molecule has 0 spiro atoms. The maximum atomic E-state index is 14.4. The molecule has 2 N–H and O–H groups in total. The first-order chi connectivity index (χ1) is 22.7. The molecule has 1 aliphatic heterocycles. The summed E-state index contributed by atoms with van der Waals surface area (Å²) in [6.07, 6.45) is 1.31. The number of rotatable bonds is 9. The van der Waals surface area contributed by atoms with Gasteiger partial charge >= 0.3 is 0 Å². The molecule has 1 amide bonds. The molecule has 3 aromatic carbocycles. The SMILES string of the molecule is Cc1ccc(S(=O)(=O)Nc2ccc3c(c2)C(=O)N([C@H](C)CO)C[C@@H](C)[C@H](CN(C)S(=O)(=O)c2ccccc2)OCCCC[C@@H](C)O3)cc1. The van der Waals surface area contributed by atoms with E-state index in [1.54, 1.807) is 61.5 Å². The fourth-order valence-electron chi connectivity index (χ4n) is 5.50. The lowest BCUT2D eigenvalue weighted by Gasteiger charge is -2.35. The van der Waals surface area contributed by atoms with Crippen LogP contribution in [0, 0.1) is 12.8 Å². The predicted molar refractivity (Wildman–Crippen MR) is 185 cm³/mol. The molecule has 0 aliphatic carbocycles. The summed E-state index contributed by atoms with van der Waals surface area (Å²) in [5.41, 5.74) is 1.23. The normalized spacial score (nSPS) is 20.8. The summed E-state index contributed by atoms with van der Waals surface area (Å²) in [7, 11) is -6.24. The molecule has 48 heavy (non-hydrogen) atoms. The minimum Gasteiger partial charge on any atom is -0.490 e. The first kappa shape index (κ1) is 37.3. The van der Waals surface area contributed by atoms with Gasteiger partial charge in [0.2, 0.25) is 10.0 Å². The van der Waals surface area contributed by atoms with Gasteiger partial charge in [-0.2, -0.15) is 4.31 Å². The average molecular weight is 702 g/mol. The van der Waals surface area contributed by atoms with E-state index in [1.807, 2.05) is 20.8 Å². The van der Waals surface area contributed by atoms with Gasteiger partial charge < -0.3 is 19.5 Å². The lowest BCUT2D eigenvalue weighted by atomic mass is 10.0. The summed E-state index contributed by atoms with van der Waals surface area (Å²) in [6.45, 7) is 7.59. The highest BCUT2D eigenvalue weighted by Gasteiger charge is 2.32. The minimum atomic E-state index is -3.95. The molecule has 1 aliphatic rings. The molecule has 1 heterocycles. The van der Waals surface area contributed by atoms with E-state index in [0.717, 1.165) is 12.0 Å². The highest BCUT2D eigenvalue weighted by Crippen LogP contribution is 2.30. The van der Waals surface area contributed by atoms with E-state index in [-0.39, 0.29) is 52.8 Å². The van der Waals surface area contributed by atoms with Gasteiger partial charge in [-0.25, -0.2) is 16.8 Å². The zero-order valence-corrected chi connectivity index (χ0v) is 29.8. The number of carbonyl (C=O) groups is 1. The molecule has 4 atom stereocenters. The van der Waals surface area contributed by atoms with Crippen LogP contribution in [0.4, 0.5) is 5.69 Å². The third-order valence-corrected chi connectivity index (χ3v) is 11.8. The Morgan fingerprint density at radius 1 is 0.979 bits per heavy atom. The van der Waals surface area contributed by atoms with Gasteiger partial charge in [0.25, 0.3) is 15.9 Å². The van der Waals surface area contributed by atoms with Crippen molar-refractivity contribution in [2.24, 2.45) is 5.92 Å². The molecule has 0 aromatic heterocycles. The fourth-order valence-corrected chi connectivity index (χ4v) is 7.76. The summed E-state index contributed by atoms with van der Waals surface area (Å²) >= 11 is 0. The Balaban J connectivity index is 1.68. The van der Waals surface area contributed by atoms with Crippen molar-refractivity contribution in [3.63, 3.8) is 0 Å². The summed E-state index contributed by atoms with van der Waals surface area (Å²) in [5.74, 6) is -0.527. The molecule has 0 radical (unpaired) electrons. The Morgan fingerprint density at radius 2 is 1.67 bits per heavy atom. The Morgan fingerprint density at radius 3 is 2.33 bits per heavy atom. The number of anilines is 1. The van der Waals surface area contributed by atoms with Gasteiger partial charge in [-0.3, -0.25) is 9.52 Å². The highest BCUT2D eigenvalue weighted by atomic mass is 32.2. The van der Waals surface area contributed by atoms with E-state index in [1.165, 1.54) is 34.5 Å². The molecule has 0 saturated heterocycles. The lowest BCUT2D eigenvalue weighted by Crippen LogP contribution is -2.48. The second kappa shape index (κ2) is 16.3. The molecule has 11 nitrogen and oxygen atoms in total. The zero-order chi connectivity index (χ0) is 35.1. The number of ether oxygens (including phenoxy) is 2. The standard InChI is InChI=1S/C35H47N3O8S2/c1-25-14-17-30(18-15-25)47(41,42)36-29-16-19-33-32(21-29)35(40)38(27(3)24-39)22-26(2)34(45-20-10-9-11-28(4)46-33)23-37(5)48(43,44)31-12-7-6-8-13-31/h6-8,12-19,21,26-28,34,36,39H,9-11,20,22-24H2,1-5H3/t26-,27-,28-,34+/m1/s1. The van der Waals surface area contributed by atoms with E-state index in [4.69, 9.17) is 9.47 Å². The van der Waals surface area contributed by atoms with Crippen LogP contribution >= 0.6 is 0 Å². The van der Waals surface area contributed by atoms with Gasteiger partial charge in [-0.05, 0) is 82.5 Å². The van der Waals surface area contributed by atoms with Crippen molar-refractivity contribution < 1.29 is 36.2 Å². The zero-order valence-electron chi connectivity index (χ0n) is 28.2. The van der Waals surface area contributed by atoms with Gasteiger partial charge in [0.05, 0.1) is 40.2 Å². The van der Waals surface area contributed by atoms with Gasteiger partial charge in [0, 0.05) is 38.3 Å². The van der Waals surface area contributed by atoms with Crippen LogP contribution in [0.3, 0.4) is 0 Å². The third kappa shape index (κ3) is 9.35. The number of aliphatic hydroxyl groups excluding tert-OH is 1. The molecule has 13 heteroatoms. The lowest BCUT2D eigenvalue weighted by molar-refractivity contribution is -0.00833. The number of fused-ring (bicyclic) bond motifs is 1. The maximum absolute atomic E-state index is 14.4. The van der Waals surface area contributed by atoms with E-state index >= 15 is 0 Å². The van der Waals surface area contributed by atoms with Gasteiger partial charge in [0.15, 0.2) is 0 Å². The van der Waals surface area contributed by atoms with E-state index in [9.17, 15) is 26.7 Å². The van der Waals surface area contributed by atoms with Crippen LogP contribution in [0.1, 0.15) is 56.0 Å². The number of nitrogens with zero attached hydrogens (tertiary/aromatic N) is 2. The van der Waals surface area contributed by atoms with Crippen molar-refractivity contribution in [3.05, 3.63) is 83.9 Å². The topological polar surface area (TPSA) is 143 Å². The number of nitrogens with one attached hydrogen (secondary N) is 1. The third-order valence-electron chi connectivity index (χ3n) is 8.52. The van der Waals surface area contributed by atoms with Crippen molar-refractivity contribution in [1.82, 2.24) is 9.21 Å². The summed E-state index contributed by atoms with van der Waals surface area (Å²) in [5, 5.41) is 10.2. The van der Waals surface area contributed by atoms with Crippen LogP contribution in [0.2, 0.25) is 0 Å². The predicted octanol–water partition coefficient (Wildman–Crippen LogP) is 4.91. The molecule has 0 fully saturated rings. The fraction of sp³-hybridized carbons (Fsp3) is 0.457. The number of aliphatic hydroxyl groups is 1. The van der Waals surface area contributed by atoms with Gasteiger partial charge in [0.1, 0.15) is 5.75 Å². The molecule has 4 rings (SSSR count). The van der Waals surface area contributed by atoms with E-state index in [2.05, 4.69) is 4.72 Å². The van der Waals surface area contributed by atoms with Crippen molar-refractivity contribution in [3.8, 4) is 5.75 Å². The van der Waals surface area contributed by atoms with Crippen molar-refractivity contribution in [2.75, 3.05) is 38.1 Å². The minimum absolute atomic E-state index is 0.0506. The van der Waals surface area contributed by atoms with Crippen molar-refractivity contribution >= 4 is 31.6 Å². The van der Waals surface area contributed by atoms with E-state index < -0.39 is 38.1 Å². The maximum Gasteiger partial charge on any atom is 0.261 e. The summed E-state index contributed by atoms with van der Waals surface area (Å²) in [6, 6.07) is 18.6. The Bertz CT molecular complexity index is 1740. The monoisotopic (exact) mass is 701 g/mol. The van der Waals surface area contributed by atoms with Crippen molar-refractivity contribution in [2.45, 2.75) is 75.0 Å². The first-order valence-corrected chi connectivity index (χ1v) is 19.1. The molecular weight excluding hydrogens is 655 g/mol. The Labute approximate surface area is 285 Å². The summed E-state index contributed by atoms with van der Waals surface area (Å²) in [4.78, 5) is 16.1. The van der Waals surface area contributed by atoms with Crippen LogP contribution in [0.25, 0.3) is 0 Å². The smallest absolute Gasteiger partial charge is 0.261 e. The molecule has 0 unspecified atom stereocenters. The quantitative estimate of drug-likeness (QED) is 0.321. The van der Waals surface area contributed by atoms with E-state index in [0.29, 0.717) is 25.2 Å². The van der Waals surface area contributed by atoms with Crippen molar-refractivity contribution in [1.29, 1.82) is 0 Å². The van der Waals surface area contributed by atoms with Crippen LogP contribution < -0.4 is 9.46 Å².